The Balaban J connectivity index is 2.40. The van der Waals surface area contributed by atoms with Crippen molar-refractivity contribution < 1.29 is 0 Å². The lowest BCUT2D eigenvalue weighted by atomic mass is 10.0. The zero-order chi connectivity index (χ0) is 10.7. The van der Waals surface area contributed by atoms with Gasteiger partial charge in [-0.25, -0.2) is 0 Å². The van der Waals surface area contributed by atoms with Crippen molar-refractivity contribution in [3.63, 3.8) is 0 Å². The van der Waals surface area contributed by atoms with Crippen LogP contribution in [0.2, 0.25) is 5.02 Å². The van der Waals surface area contributed by atoms with E-state index in [2.05, 4.69) is 25.1 Å². The molecular formula is C14H12Cl. The zero-order valence-corrected chi connectivity index (χ0v) is 9.38. The fourth-order valence-electron chi connectivity index (χ4n) is 1.54. The molecule has 0 amide bonds. The average Bonchev–Trinajstić information content (AvgIpc) is 2.30. The molecule has 0 N–H and O–H groups in total. The number of halogens is 1. The minimum absolute atomic E-state index is 0.775. The SMILES string of the molecule is CCc1[c]ccc(-c2ccc(Cl)cc2)c1. The van der Waals surface area contributed by atoms with Gasteiger partial charge in [-0.2, -0.15) is 0 Å². The summed E-state index contributed by atoms with van der Waals surface area (Å²) in [4.78, 5) is 0. The molecule has 0 aliphatic rings. The second-order valence-corrected chi connectivity index (χ2v) is 3.90. The highest BCUT2D eigenvalue weighted by atomic mass is 35.5. The number of hydrogen-bond donors (Lipinski definition) is 0. The van der Waals surface area contributed by atoms with Gasteiger partial charge in [0.2, 0.25) is 0 Å². The van der Waals surface area contributed by atoms with Crippen molar-refractivity contribution in [1.82, 2.24) is 0 Å². The van der Waals surface area contributed by atoms with E-state index in [-0.39, 0.29) is 0 Å². The third-order valence-corrected chi connectivity index (χ3v) is 2.67. The Morgan fingerprint density at radius 3 is 2.47 bits per heavy atom. The molecule has 0 spiro atoms. The molecule has 0 atom stereocenters. The molecule has 0 fully saturated rings. The molecule has 15 heavy (non-hydrogen) atoms. The highest BCUT2D eigenvalue weighted by Gasteiger charge is 1.98. The van der Waals surface area contributed by atoms with Gasteiger partial charge in [0.05, 0.1) is 0 Å². The lowest BCUT2D eigenvalue weighted by Gasteiger charge is -2.03. The second-order valence-electron chi connectivity index (χ2n) is 3.46. The minimum atomic E-state index is 0.775. The van der Waals surface area contributed by atoms with E-state index < -0.39 is 0 Å². The topological polar surface area (TPSA) is 0 Å². The first-order valence-electron chi connectivity index (χ1n) is 5.06. The van der Waals surface area contributed by atoms with E-state index in [0.717, 1.165) is 11.4 Å². The second kappa shape index (κ2) is 4.50. The largest absolute Gasteiger partial charge is 0.0843 e. The molecular weight excluding hydrogens is 204 g/mol. The fraction of sp³-hybridized carbons (Fsp3) is 0.143. The number of aryl methyl sites for hydroxylation is 1. The van der Waals surface area contributed by atoms with Crippen LogP contribution in [0.4, 0.5) is 0 Å². The van der Waals surface area contributed by atoms with Crippen LogP contribution in [0.1, 0.15) is 12.5 Å². The van der Waals surface area contributed by atoms with Gasteiger partial charge in [-0.1, -0.05) is 48.9 Å². The first-order valence-corrected chi connectivity index (χ1v) is 5.44. The highest BCUT2D eigenvalue weighted by Crippen LogP contribution is 2.22. The summed E-state index contributed by atoms with van der Waals surface area (Å²) in [6.07, 6.45) is 1.02. The van der Waals surface area contributed by atoms with Crippen molar-refractivity contribution in [3.8, 4) is 11.1 Å². The molecule has 0 aliphatic carbocycles. The van der Waals surface area contributed by atoms with Crippen molar-refractivity contribution in [2.75, 3.05) is 0 Å². The van der Waals surface area contributed by atoms with E-state index in [0.29, 0.717) is 0 Å². The average molecular weight is 216 g/mol. The van der Waals surface area contributed by atoms with Gasteiger partial charge in [0.25, 0.3) is 0 Å². The van der Waals surface area contributed by atoms with E-state index in [4.69, 9.17) is 11.6 Å². The normalized spacial score (nSPS) is 10.3. The van der Waals surface area contributed by atoms with Gasteiger partial charge < -0.3 is 0 Å². The maximum atomic E-state index is 5.85. The van der Waals surface area contributed by atoms with Crippen LogP contribution in [0.25, 0.3) is 11.1 Å². The van der Waals surface area contributed by atoms with Crippen LogP contribution in [0.5, 0.6) is 0 Å². The summed E-state index contributed by atoms with van der Waals surface area (Å²) in [5.41, 5.74) is 3.66. The van der Waals surface area contributed by atoms with Gasteiger partial charge in [0, 0.05) is 5.02 Å². The molecule has 0 aromatic heterocycles. The molecule has 2 rings (SSSR count). The number of benzene rings is 2. The highest BCUT2D eigenvalue weighted by molar-refractivity contribution is 6.30. The van der Waals surface area contributed by atoms with Gasteiger partial charge >= 0.3 is 0 Å². The Hall–Kier alpha value is -1.27. The van der Waals surface area contributed by atoms with Gasteiger partial charge in [-0.15, -0.1) is 0 Å². The molecule has 0 heterocycles. The quantitative estimate of drug-likeness (QED) is 0.698. The third-order valence-electron chi connectivity index (χ3n) is 2.42. The number of rotatable bonds is 2. The van der Waals surface area contributed by atoms with Gasteiger partial charge in [0.1, 0.15) is 0 Å². The summed E-state index contributed by atoms with van der Waals surface area (Å²) in [6.45, 7) is 2.14. The van der Waals surface area contributed by atoms with E-state index in [9.17, 15) is 0 Å². The van der Waals surface area contributed by atoms with Gasteiger partial charge in [0.15, 0.2) is 0 Å². The molecule has 0 nitrogen and oxygen atoms in total. The van der Waals surface area contributed by atoms with Crippen molar-refractivity contribution >= 4 is 11.6 Å². The van der Waals surface area contributed by atoms with E-state index >= 15 is 0 Å². The lowest BCUT2D eigenvalue weighted by molar-refractivity contribution is 1.14. The molecule has 0 saturated heterocycles. The minimum Gasteiger partial charge on any atom is -0.0843 e. The Kier molecular flexibility index (Phi) is 3.08. The fourth-order valence-corrected chi connectivity index (χ4v) is 1.67. The molecule has 2 aromatic rings. The summed E-state index contributed by atoms with van der Waals surface area (Å²) in [5.74, 6) is 0. The molecule has 2 aromatic carbocycles. The third kappa shape index (κ3) is 2.40. The zero-order valence-electron chi connectivity index (χ0n) is 8.63. The van der Waals surface area contributed by atoms with E-state index in [1.54, 1.807) is 0 Å². The van der Waals surface area contributed by atoms with Gasteiger partial charge in [-0.3, -0.25) is 0 Å². The maximum Gasteiger partial charge on any atom is 0.0406 e. The standard InChI is InChI=1S/C14H12Cl/c1-2-11-4-3-5-13(10-11)12-6-8-14(15)9-7-12/h3,5-10H,2H2,1H3. The van der Waals surface area contributed by atoms with Crippen LogP contribution in [0.15, 0.2) is 42.5 Å². The summed E-state index contributed by atoms with van der Waals surface area (Å²) < 4.78 is 0. The van der Waals surface area contributed by atoms with Crippen molar-refractivity contribution in [2.24, 2.45) is 0 Å². The summed E-state index contributed by atoms with van der Waals surface area (Å²) in [5, 5.41) is 0.775. The summed E-state index contributed by atoms with van der Waals surface area (Å²) in [7, 11) is 0. The summed E-state index contributed by atoms with van der Waals surface area (Å²) in [6, 6.07) is 17.3. The van der Waals surface area contributed by atoms with E-state index in [1.807, 2.05) is 30.3 Å². The molecule has 0 bridgehead atoms. The monoisotopic (exact) mass is 215 g/mol. The lowest BCUT2D eigenvalue weighted by Crippen LogP contribution is -1.82. The Morgan fingerprint density at radius 1 is 1.07 bits per heavy atom. The maximum absolute atomic E-state index is 5.85. The van der Waals surface area contributed by atoms with Crippen LogP contribution >= 0.6 is 11.6 Å². The molecule has 0 saturated carbocycles. The summed E-state index contributed by atoms with van der Waals surface area (Å²) >= 11 is 5.85. The smallest absolute Gasteiger partial charge is 0.0406 e. The molecule has 0 aliphatic heterocycles. The van der Waals surface area contributed by atoms with Crippen LogP contribution in [-0.4, -0.2) is 0 Å². The molecule has 0 unspecified atom stereocenters. The van der Waals surface area contributed by atoms with Crippen LogP contribution in [-0.2, 0) is 6.42 Å². The van der Waals surface area contributed by atoms with Crippen molar-refractivity contribution in [2.45, 2.75) is 13.3 Å². The van der Waals surface area contributed by atoms with Crippen LogP contribution in [0.3, 0.4) is 0 Å². The van der Waals surface area contributed by atoms with Gasteiger partial charge in [-0.05, 0) is 41.3 Å². The van der Waals surface area contributed by atoms with Crippen LogP contribution in [0, 0.1) is 6.07 Å². The van der Waals surface area contributed by atoms with Crippen molar-refractivity contribution in [1.29, 1.82) is 0 Å². The number of hydrogen-bond acceptors (Lipinski definition) is 0. The predicted molar refractivity (Wildman–Crippen MR) is 65.1 cm³/mol. The Labute approximate surface area is 95.5 Å². The first kappa shape index (κ1) is 10.3. The first-order chi connectivity index (χ1) is 7.29. The Bertz CT molecular complexity index is 443. The van der Waals surface area contributed by atoms with Crippen LogP contribution < -0.4 is 0 Å². The van der Waals surface area contributed by atoms with Crippen molar-refractivity contribution in [3.05, 3.63) is 59.1 Å². The molecule has 75 valence electrons. The predicted octanol–water partition coefficient (Wildman–Crippen LogP) is 4.37. The molecule has 1 radical (unpaired) electrons. The van der Waals surface area contributed by atoms with E-state index in [1.165, 1.54) is 16.7 Å². The Morgan fingerprint density at radius 2 is 1.80 bits per heavy atom. The molecule has 1 heteroatoms.